The Morgan fingerprint density at radius 3 is 2.20 bits per heavy atom. The van der Waals surface area contributed by atoms with Crippen LogP contribution < -0.4 is 20.3 Å². The average molecular weight is 407 g/mol. The first-order valence-electron chi connectivity index (χ1n) is 9.44. The number of carbonyl (C=O) groups excluding carboxylic acids is 2. The molecule has 0 radical (unpaired) electrons. The van der Waals surface area contributed by atoms with E-state index in [9.17, 15) is 9.59 Å². The first-order chi connectivity index (χ1) is 14.3. The van der Waals surface area contributed by atoms with Crippen LogP contribution in [0.15, 0.2) is 48.5 Å². The second kappa shape index (κ2) is 8.73. The van der Waals surface area contributed by atoms with Crippen molar-refractivity contribution in [1.82, 2.24) is 15.4 Å². The van der Waals surface area contributed by atoms with Crippen LogP contribution in [0.2, 0.25) is 0 Å². The molecule has 0 aliphatic rings. The number of ether oxygens (including phenoxy) is 2. The summed E-state index contributed by atoms with van der Waals surface area (Å²) in [6, 6.07) is 14.6. The Bertz CT molecular complexity index is 1100. The van der Waals surface area contributed by atoms with Gasteiger partial charge in [0.25, 0.3) is 11.8 Å². The van der Waals surface area contributed by atoms with E-state index in [0.717, 1.165) is 22.6 Å². The van der Waals surface area contributed by atoms with Crippen LogP contribution in [0.25, 0.3) is 5.69 Å². The first kappa shape index (κ1) is 21.0. The van der Waals surface area contributed by atoms with E-state index in [1.807, 2.05) is 43.5 Å². The average Bonchev–Trinajstić information content (AvgIpc) is 3.05. The summed E-state index contributed by atoms with van der Waals surface area (Å²) in [5, 5.41) is 0. The number of rotatable bonds is 5. The van der Waals surface area contributed by atoms with Gasteiger partial charge in [0.15, 0.2) is 11.5 Å². The molecule has 2 N–H and O–H groups in total. The van der Waals surface area contributed by atoms with Gasteiger partial charge in [-0.1, -0.05) is 12.1 Å². The van der Waals surface area contributed by atoms with Crippen LogP contribution in [0.5, 0.6) is 11.5 Å². The van der Waals surface area contributed by atoms with Gasteiger partial charge in [-0.15, -0.1) is 0 Å². The number of amides is 2. The molecule has 0 saturated carbocycles. The summed E-state index contributed by atoms with van der Waals surface area (Å²) >= 11 is 0. The van der Waals surface area contributed by atoms with Gasteiger partial charge in [0.05, 0.1) is 19.8 Å². The summed E-state index contributed by atoms with van der Waals surface area (Å²) in [4.78, 5) is 25.1. The van der Waals surface area contributed by atoms with E-state index < -0.39 is 11.8 Å². The van der Waals surface area contributed by atoms with Crippen molar-refractivity contribution in [3.05, 3.63) is 76.6 Å². The van der Waals surface area contributed by atoms with Crippen LogP contribution in [-0.4, -0.2) is 30.6 Å². The van der Waals surface area contributed by atoms with Crippen LogP contribution in [0.1, 0.15) is 37.7 Å². The number of benzene rings is 2. The summed E-state index contributed by atoms with van der Waals surface area (Å²) in [7, 11) is 3.01. The zero-order valence-electron chi connectivity index (χ0n) is 17.7. The molecule has 0 atom stereocenters. The van der Waals surface area contributed by atoms with Gasteiger partial charge in [-0.05, 0) is 62.7 Å². The predicted octanol–water partition coefficient (Wildman–Crippen LogP) is 3.49. The molecule has 1 aromatic heterocycles. The molecule has 2 aromatic carbocycles. The highest BCUT2D eigenvalue weighted by molar-refractivity contribution is 6.00. The Morgan fingerprint density at radius 2 is 1.53 bits per heavy atom. The van der Waals surface area contributed by atoms with Crippen molar-refractivity contribution in [3.8, 4) is 17.2 Å². The Kier molecular flexibility index (Phi) is 6.11. The molecule has 2 amide bonds. The fourth-order valence-electron chi connectivity index (χ4n) is 3.39. The molecule has 7 heteroatoms. The first-order valence-corrected chi connectivity index (χ1v) is 9.44. The largest absolute Gasteiger partial charge is 0.493 e. The Hall–Kier alpha value is -3.74. The van der Waals surface area contributed by atoms with E-state index in [2.05, 4.69) is 16.9 Å². The molecule has 0 aliphatic heterocycles. The van der Waals surface area contributed by atoms with Crippen LogP contribution in [0.3, 0.4) is 0 Å². The number of nitrogens with one attached hydrogen (secondary N) is 2. The third-order valence-electron chi connectivity index (χ3n) is 4.87. The molecular formula is C23H25N3O4. The second-order valence-electron chi connectivity index (χ2n) is 6.94. The van der Waals surface area contributed by atoms with Crippen molar-refractivity contribution >= 4 is 11.8 Å². The third-order valence-corrected chi connectivity index (χ3v) is 4.87. The minimum atomic E-state index is -0.461. The van der Waals surface area contributed by atoms with E-state index in [1.54, 1.807) is 24.3 Å². The van der Waals surface area contributed by atoms with E-state index in [4.69, 9.17) is 9.47 Å². The van der Waals surface area contributed by atoms with Gasteiger partial charge in [0.1, 0.15) is 0 Å². The van der Waals surface area contributed by atoms with Crippen LogP contribution in [0, 0.1) is 20.8 Å². The zero-order valence-corrected chi connectivity index (χ0v) is 17.7. The quantitative estimate of drug-likeness (QED) is 0.635. The summed E-state index contributed by atoms with van der Waals surface area (Å²) in [5.74, 6) is 0.0903. The summed E-state index contributed by atoms with van der Waals surface area (Å²) in [6.07, 6.45) is 0. The standard InChI is InChI=1S/C23H25N3O4/c1-14-7-6-8-18(11-14)26-15(2)12-19(16(26)3)23(28)25-24-22(27)17-9-10-20(29-4)21(13-17)30-5/h6-13H,1-5H3,(H,24,27)(H,25,28). The Balaban J connectivity index is 1.76. The molecule has 0 fully saturated rings. The number of aryl methyl sites for hydroxylation is 2. The minimum absolute atomic E-state index is 0.332. The second-order valence-corrected chi connectivity index (χ2v) is 6.94. The van der Waals surface area contributed by atoms with Crippen LogP contribution in [-0.2, 0) is 0 Å². The van der Waals surface area contributed by atoms with Gasteiger partial charge >= 0.3 is 0 Å². The summed E-state index contributed by atoms with van der Waals surface area (Å²) in [6.45, 7) is 5.84. The topological polar surface area (TPSA) is 81.6 Å². The van der Waals surface area contributed by atoms with Crippen molar-refractivity contribution in [3.63, 3.8) is 0 Å². The predicted molar refractivity (Wildman–Crippen MR) is 114 cm³/mol. The molecule has 30 heavy (non-hydrogen) atoms. The zero-order chi connectivity index (χ0) is 21.8. The summed E-state index contributed by atoms with van der Waals surface area (Å²) < 4.78 is 12.4. The molecule has 0 spiro atoms. The third kappa shape index (κ3) is 4.15. The van der Waals surface area contributed by atoms with Gasteiger partial charge in [0.2, 0.25) is 0 Å². The Labute approximate surface area is 175 Å². The lowest BCUT2D eigenvalue weighted by Gasteiger charge is -2.12. The van der Waals surface area contributed by atoms with E-state index in [0.29, 0.717) is 22.6 Å². The van der Waals surface area contributed by atoms with Gasteiger partial charge in [-0.2, -0.15) is 0 Å². The molecule has 7 nitrogen and oxygen atoms in total. The molecule has 3 rings (SSSR count). The normalized spacial score (nSPS) is 10.4. The molecule has 3 aromatic rings. The number of carbonyl (C=O) groups is 2. The lowest BCUT2D eigenvalue weighted by Crippen LogP contribution is -2.41. The lowest BCUT2D eigenvalue weighted by molar-refractivity contribution is 0.0846. The highest BCUT2D eigenvalue weighted by Crippen LogP contribution is 2.27. The van der Waals surface area contributed by atoms with Gasteiger partial charge < -0.3 is 14.0 Å². The minimum Gasteiger partial charge on any atom is -0.493 e. The Morgan fingerprint density at radius 1 is 0.833 bits per heavy atom. The number of methoxy groups -OCH3 is 2. The highest BCUT2D eigenvalue weighted by atomic mass is 16.5. The van der Waals surface area contributed by atoms with Gasteiger partial charge in [-0.3, -0.25) is 20.4 Å². The maximum Gasteiger partial charge on any atom is 0.271 e. The number of hydrogen-bond donors (Lipinski definition) is 2. The number of hydrazine groups is 1. The van der Waals surface area contributed by atoms with Gasteiger partial charge in [0, 0.05) is 22.6 Å². The fourth-order valence-corrected chi connectivity index (χ4v) is 3.39. The van der Waals surface area contributed by atoms with Crippen LogP contribution >= 0.6 is 0 Å². The van der Waals surface area contributed by atoms with Crippen molar-refractivity contribution in [2.45, 2.75) is 20.8 Å². The van der Waals surface area contributed by atoms with E-state index in [-0.39, 0.29) is 0 Å². The SMILES string of the molecule is COc1ccc(C(=O)NNC(=O)c2cc(C)n(-c3cccc(C)c3)c2C)cc1OC. The molecule has 156 valence electrons. The molecule has 0 unspecified atom stereocenters. The van der Waals surface area contributed by atoms with Gasteiger partial charge in [-0.25, -0.2) is 0 Å². The van der Waals surface area contributed by atoms with Crippen LogP contribution in [0.4, 0.5) is 0 Å². The molecule has 0 saturated heterocycles. The van der Waals surface area contributed by atoms with E-state index >= 15 is 0 Å². The van der Waals surface area contributed by atoms with Crippen molar-refractivity contribution in [2.24, 2.45) is 0 Å². The smallest absolute Gasteiger partial charge is 0.271 e. The van der Waals surface area contributed by atoms with Crippen molar-refractivity contribution < 1.29 is 19.1 Å². The molecule has 0 bridgehead atoms. The van der Waals surface area contributed by atoms with Crippen molar-refractivity contribution in [2.75, 3.05) is 14.2 Å². The van der Waals surface area contributed by atoms with E-state index in [1.165, 1.54) is 14.2 Å². The molecule has 1 heterocycles. The molecular weight excluding hydrogens is 382 g/mol. The highest BCUT2D eigenvalue weighted by Gasteiger charge is 2.18. The number of nitrogens with zero attached hydrogens (tertiary/aromatic N) is 1. The summed E-state index contributed by atoms with van der Waals surface area (Å²) in [5.41, 5.74) is 9.58. The fraction of sp³-hybridized carbons (Fsp3) is 0.217. The monoisotopic (exact) mass is 407 g/mol. The maximum absolute atomic E-state index is 12.7. The lowest BCUT2D eigenvalue weighted by atomic mass is 10.2. The maximum atomic E-state index is 12.7. The molecule has 0 aliphatic carbocycles. The number of aromatic nitrogens is 1. The number of hydrogen-bond acceptors (Lipinski definition) is 4. The van der Waals surface area contributed by atoms with Crippen molar-refractivity contribution in [1.29, 1.82) is 0 Å².